The highest BCUT2D eigenvalue weighted by Crippen LogP contribution is 2.33. The molecule has 3 aromatic carbocycles. The number of hydrogen-bond acceptors (Lipinski definition) is 6. The van der Waals surface area contributed by atoms with Crippen molar-refractivity contribution in [3.63, 3.8) is 0 Å². The van der Waals surface area contributed by atoms with Gasteiger partial charge in [0.2, 0.25) is 0 Å². The zero-order valence-electron chi connectivity index (χ0n) is 29.4. The molecule has 0 saturated carbocycles. The van der Waals surface area contributed by atoms with Crippen molar-refractivity contribution in [2.45, 2.75) is 58.5 Å². The number of nitrogens with zero attached hydrogens (tertiary/aromatic N) is 3. The molecule has 6 aromatic rings. The topological polar surface area (TPSA) is 113 Å². The van der Waals surface area contributed by atoms with E-state index in [9.17, 15) is 14.4 Å². The molecule has 9 nitrogen and oxygen atoms in total. The molecule has 262 valence electrons. The Kier molecular flexibility index (Phi) is 10.4. The number of H-pyrrole nitrogens is 2. The Morgan fingerprint density at radius 1 is 0.922 bits per heavy atom. The van der Waals surface area contributed by atoms with E-state index >= 15 is 0 Å². The maximum Gasteiger partial charge on any atom is 0.326 e. The normalized spacial score (nSPS) is 14.2. The van der Waals surface area contributed by atoms with Crippen LogP contribution in [-0.2, 0) is 22.5 Å². The smallest absolute Gasteiger partial charge is 0.326 e. The number of fused-ring (bicyclic) bond motifs is 2. The van der Waals surface area contributed by atoms with Crippen LogP contribution < -0.4 is 11.2 Å². The molecule has 1 saturated heterocycles. The SMILES string of the molecule is CC(C)CCCOCC(=O)Cc1ccc2[nH]c(=O)n(C3CCN(Cc4ccc(-c5nc6cc[nH]c(=O)c6cc5-c5ccccc5)cc4)CC3)c2c1. The van der Waals surface area contributed by atoms with Crippen LogP contribution in [0, 0.1) is 5.92 Å². The van der Waals surface area contributed by atoms with Crippen molar-refractivity contribution in [1.82, 2.24) is 24.4 Å². The minimum atomic E-state index is -0.150. The standard InChI is InChI=1S/C42H45N5O4/c1-28(2)7-6-22-51-27-34(48)23-30-12-15-38-39(24-30)47(42(50)45-38)33-17-20-46(21-18-33)26-29-10-13-32(14-11-29)40-35(31-8-4-3-5-9-31)25-36-37(44-40)16-19-43-41(36)49/h3-5,8-16,19,24-25,28,33H,6-7,17-18,20-23,26-27H2,1-2H3,(H,43,49)(H,45,50). The lowest BCUT2D eigenvalue weighted by atomic mass is 9.97. The van der Waals surface area contributed by atoms with Gasteiger partial charge in [-0.3, -0.25) is 19.1 Å². The Bertz CT molecular complexity index is 2240. The summed E-state index contributed by atoms with van der Waals surface area (Å²) < 4.78 is 7.51. The Balaban J connectivity index is 1.00. The Morgan fingerprint density at radius 3 is 2.45 bits per heavy atom. The van der Waals surface area contributed by atoms with Crippen LogP contribution >= 0.6 is 0 Å². The molecule has 0 unspecified atom stereocenters. The predicted octanol–water partition coefficient (Wildman–Crippen LogP) is 7.30. The fourth-order valence-corrected chi connectivity index (χ4v) is 7.23. The van der Waals surface area contributed by atoms with Crippen molar-refractivity contribution in [1.29, 1.82) is 0 Å². The average molecular weight is 684 g/mol. The highest BCUT2D eigenvalue weighted by atomic mass is 16.5. The third-order valence-electron chi connectivity index (χ3n) is 9.91. The Hall–Kier alpha value is -5.12. The van der Waals surface area contributed by atoms with E-state index in [2.05, 4.69) is 53.0 Å². The van der Waals surface area contributed by atoms with Crippen LogP contribution in [0.3, 0.4) is 0 Å². The van der Waals surface area contributed by atoms with Gasteiger partial charge in [0, 0.05) is 56.0 Å². The quantitative estimate of drug-likeness (QED) is 0.124. The van der Waals surface area contributed by atoms with E-state index in [1.54, 1.807) is 6.20 Å². The number of piperidine rings is 1. The summed E-state index contributed by atoms with van der Waals surface area (Å²) >= 11 is 0. The summed E-state index contributed by atoms with van der Waals surface area (Å²) in [6, 6.07) is 28.3. The average Bonchev–Trinajstić information content (AvgIpc) is 3.47. The predicted molar refractivity (Wildman–Crippen MR) is 203 cm³/mol. The van der Waals surface area contributed by atoms with Crippen LogP contribution in [0.25, 0.3) is 44.3 Å². The fourth-order valence-electron chi connectivity index (χ4n) is 7.23. The first-order chi connectivity index (χ1) is 24.8. The molecule has 9 heteroatoms. The number of Topliss-reactive ketones (excluding diaryl/α,β-unsaturated/α-hetero) is 1. The van der Waals surface area contributed by atoms with Crippen molar-refractivity contribution in [2.75, 3.05) is 26.3 Å². The van der Waals surface area contributed by atoms with Crippen LogP contribution in [0.15, 0.2) is 101 Å². The summed E-state index contributed by atoms with van der Waals surface area (Å²) in [6.45, 7) is 7.65. The van der Waals surface area contributed by atoms with E-state index in [1.165, 1.54) is 5.56 Å². The van der Waals surface area contributed by atoms with Gasteiger partial charge in [-0.25, -0.2) is 9.78 Å². The van der Waals surface area contributed by atoms with Gasteiger partial charge >= 0.3 is 5.69 Å². The molecule has 0 radical (unpaired) electrons. The number of aromatic amines is 2. The second-order valence-electron chi connectivity index (χ2n) is 14.2. The van der Waals surface area contributed by atoms with Crippen molar-refractivity contribution in [3.8, 4) is 22.4 Å². The van der Waals surface area contributed by atoms with Gasteiger partial charge < -0.3 is 14.7 Å². The van der Waals surface area contributed by atoms with Gasteiger partial charge in [0.1, 0.15) is 6.61 Å². The maximum absolute atomic E-state index is 13.1. The van der Waals surface area contributed by atoms with E-state index < -0.39 is 0 Å². The first-order valence-electron chi connectivity index (χ1n) is 18.0. The number of rotatable bonds is 13. The molecule has 3 aromatic heterocycles. The molecule has 51 heavy (non-hydrogen) atoms. The second-order valence-corrected chi connectivity index (χ2v) is 14.2. The molecule has 0 bridgehead atoms. The lowest BCUT2D eigenvalue weighted by Crippen LogP contribution is -2.36. The third kappa shape index (κ3) is 7.95. The van der Waals surface area contributed by atoms with Crippen LogP contribution in [0.5, 0.6) is 0 Å². The van der Waals surface area contributed by atoms with Gasteiger partial charge in [-0.2, -0.15) is 0 Å². The number of ketones is 1. The van der Waals surface area contributed by atoms with E-state index in [-0.39, 0.29) is 29.7 Å². The lowest BCUT2D eigenvalue weighted by molar-refractivity contribution is -0.123. The number of carbonyl (C=O) groups is 1. The number of carbonyl (C=O) groups excluding carboxylic acids is 1. The van der Waals surface area contributed by atoms with E-state index in [0.717, 1.165) is 84.3 Å². The van der Waals surface area contributed by atoms with Gasteiger partial charge in [0.05, 0.1) is 27.6 Å². The molecule has 1 fully saturated rings. The summed E-state index contributed by atoms with van der Waals surface area (Å²) in [5, 5.41) is 0.568. The van der Waals surface area contributed by atoms with Gasteiger partial charge in [0.25, 0.3) is 5.56 Å². The summed E-state index contributed by atoms with van der Waals surface area (Å²) in [5.41, 5.74) is 7.94. The molecular formula is C42H45N5O4. The van der Waals surface area contributed by atoms with Crippen molar-refractivity contribution in [3.05, 3.63) is 123 Å². The van der Waals surface area contributed by atoms with Gasteiger partial charge in [-0.05, 0) is 72.6 Å². The van der Waals surface area contributed by atoms with Crippen LogP contribution in [0.4, 0.5) is 0 Å². The van der Waals surface area contributed by atoms with Gasteiger partial charge in [-0.1, -0.05) is 74.5 Å². The number of ether oxygens (including phenoxy) is 1. The summed E-state index contributed by atoms with van der Waals surface area (Å²) in [5.74, 6) is 0.678. The lowest BCUT2D eigenvalue weighted by Gasteiger charge is -2.32. The molecule has 2 N–H and O–H groups in total. The second kappa shape index (κ2) is 15.4. The first-order valence-corrected chi connectivity index (χ1v) is 18.0. The van der Waals surface area contributed by atoms with E-state index in [0.29, 0.717) is 29.8 Å². The molecular weight excluding hydrogens is 638 g/mol. The largest absolute Gasteiger partial charge is 0.374 e. The minimum absolute atomic E-state index is 0.0476. The number of likely N-dealkylation sites (tertiary alicyclic amines) is 1. The maximum atomic E-state index is 13.1. The van der Waals surface area contributed by atoms with Crippen molar-refractivity contribution in [2.24, 2.45) is 5.92 Å². The third-order valence-corrected chi connectivity index (χ3v) is 9.91. The zero-order valence-corrected chi connectivity index (χ0v) is 29.4. The Labute approximate surface area is 297 Å². The van der Waals surface area contributed by atoms with Crippen molar-refractivity contribution >= 4 is 27.7 Å². The molecule has 4 heterocycles. The van der Waals surface area contributed by atoms with E-state index in [1.807, 2.05) is 65.2 Å². The minimum Gasteiger partial charge on any atom is -0.374 e. The Morgan fingerprint density at radius 2 is 1.69 bits per heavy atom. The molecule has 0 aliphatic carbocycles. The highest BCUT2D eigenvalue weighted by Gasteiger charge is 2.24. The number of aromatic nitrogens is 4. The monoisotopic (exact) mass is 683 g/mol. The number of hydrogen-bond donors (Lipinski definition) is 2. The molecule has 7 rings (SSSR count). The molecule has 1 aliphatic rings. The number of imidazole rings is 1. The fraction of sp³-hybridized carbons (Fsp3) is 0.333. The first kappa shape index (κ1) is 34.3. The van der Waals surface area contributed by atoms with Crippen LogP contribution in [0.1, 0.15) is 56.7 Å². The van der Waals surface area contributed by atoms with Crippen LogP contribution in [-0.4, -0.2) is 56.5 Å². The van der Waals surface area contributed by atoms with Gasteiger partial charge in [0.15, 0.2) is 5.78 Å². The summed E-state index contributed by atoms with van der Waals surface area (Å²) in [4.78, 5) is 51.5. The zero-order chi connectivity index (χ0) is 35.3. The summed E-state index contributed by atoms with van der Waals surface area (Å²) in [7, 11) is 0. The number of benzene rings is 3. The van der Waals surface area contributed by atoms with Crippen LogP contribution in [0.2, 0.25) is 0 Å². The number of nitrogens with one attached hydrogen (secondary N) is 2. The molecule has 0 atom stereocenters. The summed E-state index contributed by atoms with van der Waals surface area (Å²) in [6.07, 6.45) is 5.70. The van der Waals surface area contributed by atoms with Crippen molar-refractivity contribution < 1.29 is 9.53 Å². The van der Waals surface area contributed by atoms with Gasteiger partial charge in [-0.15, -0.1) is 0 Å². The number of pyridine rings is 2. The molecule has 0 spiro atoms. The van der Waals surface area contributed by atoms with E-state index in [4.69, 9.17) is 9.72 Å². The highest BCUT2D eigenvalue weighted by molar-refractivity contribution is 5.91. The molecule has 0 amide bonds. The molecule has 1 aliphatic heterocycles.